The fourth-order valence-electron chi connectivity index (χ4n) is 6.66. The minimum Gasteiger partial charge on any atom is -0.485 e. The van der Waals surface area contributed by atoms with Crippen molar-refractivity contribution in [1.29, 1.82) is 0 Å². The summed E-state index contributed by atoms with van der Waals surface area (Å²) in [5, 5.41) is 21.2. The molecule has 3 atom stereocenters. The van der Waals surface area contributed by atoms with Crippen LogP contribution in [0.1, 0.15) is 63.3 Å². The van der Waals surface area contributed by atoms with Gasteiger partial charge in [-0.3, -0.25) is 14.6 Å². The topological polar surface area (TPSA) is 230 Å². The Morgan fingerprint density at radius 3 is 2.64 bits per heavy atom. The van der Waals surface area contributed by atoms with E-state index < -0.39 is 35.2 Å². The fraction of sp³-hybridized carbons (Fsp3) is 0.517. The highest BCUT2D eigenvalue weighted by Gasteiger charge is 2.67. The van der Waals surface area contributed by atoms with Gasteiger partial charge in [-0.2, -0.15) is 0 Å². The van der Waals surface area contributed by atoms with Gasteiger partial charge in [-0.25, -0.2) is 9.78 Å². The molecule has 44 heavy (non-hydrogen) atoms. The Balaban J connectivity index is 1.20. The molecule has 4 fully saturated rings. The molecule has 1 aromatic heterocycles. The molecule has 3 heterocycles. The highest BCUT2D eigenvalue weighted by molar-refractivity contribution is 7.13. The summed E-state index contributed by atoms with van der Waals surface area (Å²) in [7, 11) is 0. The number of thiazole rings is 1. The first-order valence-corrected chi connectivity index (χ1v) is 15.3. The van der Waals surface area contributed by atoms with Crippen LogP contribution in [0.4, 0.5) is 5.13 Å². The van der Waals surface area contributed by atoms with Gasteiger partial charge in [0.1, 0.15) is 23.3 Å². The number of amides is 2. The summed E-state index contributed by atoms with van der Waals surface area (Å²) in [5.74, 6) is -1.51. The number of benzene rings is 1. The molecule has 234 valence electrons. The summed E-state index contributed by atoms with van der Waals surface area (Å²) >= 11 is 1.07. The average molecular weight is 625 g/mol. The molecule has 2 aliphatic heterocycles. The number of amidine groups is 1. The Morgan fingerprint density at radius 1 is 1.32 bits per heavy atom. The molecule has 9 N–H and O–H groups in total. The van der Waals surface area contributed by atoms with Crippen molar-refractivity contribution in [2.45, 2.75) is 81.7 Å². The highest BCUT2D eigenvalue weighted by Crippen LogP contribution is 2.68. The molecule has 14 nitrogen and oxygen atoms in total. The number of ether oxygens (including phenoxy) is 1. The van der Waals surface area contributed by atoms with E-state index in [0.29, 0.717) is 24.6 Å². The van der Waals surface area contributed by atoms with E-state index in [0.717, 1.165) is 41.7 Å². The zero-order chi connectivity index (χ0) is 31.7. The number of hydrogen-bond donors (Lipinski definition) is 6. The van der Waals surface area contributed by atoms with Crippen LogP contribution in [-0.4, -0.2) is 74.8 Å². The number of oxime groups is 1. The molecule has 1 aromatic carbocycles. The number of carbonyl (C=O) groups is 3. The first-order valence-electron chi connectivity index (χ1n) is 14.4. The van der Waals surface area contributed by atoms with Gasteiger partial charge in [0, 0.05) is 10.9 Å². The lowest BCUT2D eigenvalue weighted by atomic mass is 9.39. The van der Waals surface area contributed by atoms with Gasteiger partial charge in [0.25, 0.3) is 11.5 Å². The Kier molecular flexibility index (Phi) is 6.88. The summed E-state index contributed by atoms with van der Waals surface area (Å²) in [6, 6.07) is 4.63. The second-order valence-electron chi connectivity index (χ2n) is 13.1. The molecule has 0 unspecified atom stereocenters. The quantitative estimate of drug-likeness (QED) is 0.0936. The molecular weight excluding hydrogens is 588 g/mol. The van der Waals surface area contributed by atoms with Gasteiger partial charge in [0.15, 0.2) is 16.9 Å². The normalized spacial score (nSPS) is 29.8. The van der Waals surface area contributed by atoms with Gasteiger partial charge in [-0.1, -0.05) is 5.16 Å². The number of carboxylic acids is 1. The van der Waals surface area contributed by atoms with Gasteiger partial charge in [-0.15, -0.1) is 11.3 Å². The third-order valence-corrected chi connectivity index (χ3v) is 9.93. The largest absolute Gasteiger partial charge is 0.485 e. The van der Waals surface area contributed by atoms with E-state index in [9.17, 15) is 19.5 Å². The van der Waals surface area contributed by atoms with Crippen LogP contribution in [0.2, 0.25) is 0 Å². The van der Waals surface area contributed by atoms with Crippen LogP contribution in [0.15, 0.2) is 33.7 Å². The fourth-order valence-corrected chi connectivity index (χ4v) is 7.21. The zero-order valence-corrected chi connectivity index (χ0v) is 25.5. The maximum absolute atomic E-state index is 13.3. The first-order chi connectivity index (χ1) is 20.7. The standard InChI is InChI=1S/C29H36N8O6S/c1-26(2)20(23(39)36-26)34-22(38)19(16-9-44-25(32)33-16)37-43-27(3,24(40)41)18-7-5-14-8-15(4-6-17(14)42-18)21(31)35-29-10-28(11-29,12-29)13-30/h4,6,8-9,18,20H,5,7,10-13,30H2,1-3H3,(H2,31,35)(H2,32,33)(H,34,38)(H,36,39)(H,40,41)/b37-19-/t18-,20-,27+,28?,29?/m1/s1. The van der Waals surface area contributed by atoms with Crippen LogP contribution in [0.25, 0.3) is 0 Å². The SMILES string of the molecule is CC1(C)NC(=O)[C@H]1NC(=O)/C(=N\O[C@](C)(C(=O)O)[C@H]1CCc2cc(C(N)=NC34CC(CN)(C3)C4)ccc2O1)c1csc(N)n1. The minimum atomic E-state index is -1.99. The number of carboxylic acid groups (broad SMARTS) is 1. The zero-order valence-electron chi connectivity index (χ0n) is 24.7. The number of β-lactam (4-membered cyclic amide) rings is 1. The maximum atomic E-state index is 13.3. The van der Waals surface area contributed by atoms with Crippen LogP contribution in [0.3, 0.4) is 0 Å². The molecule has 2 aromatic rings. The van der Waals surface area contributed by atoms with E-state index in [2.05, 4.69) is 20.8 Å². The smallest absolute Gasteiger partial charge is 0.354 e. The number of aliphatic carboxylic acids is 1. The molecule has 5 aliphatic rings. The number of nitrogens with two attached hydrogens (primary N) is 3. The number of nitrogen functional groups attached to an aromatic ring is 1. The molecule has 3 saturated carbocycles. The van der Waals surface area contributed by atoms with Crippen LogP contribution < -0.4 is 32.6 Å². The molecule has 0 spiro atoms. The van der Waals surface area contributed by atoms with Crippen molar-refractivity contribution in [3.8, 4) is 5.75 Å². The Bertz CT molecular complexity index is 1600. The summed E-state index contributed by atoms with van der Waals surface area (Å²) in [6.45, 7) is 5.52. The van der Waals surface area contributed by atoms with E-state index in [1.807, 2.05) is 6.07 Å². The lowest BCUT2D eigenvalue weighted by Crippen LogP contribution is -2.75. The van der Waals surface area contributed by atoms with Gasteiger partial charge in [0.2, 0.25) is 5.91 Å². The van der Waals surface area contributed by atoms with Gasteiger partial charge < -0.3 is 42.5 Å². The van der Waals surface area contributed by atoms with E-state index >= 15 is 0 Å². The van der Waals surface area contributed by atoms with Crippen molar-refractivity contribution in [2.75, 3.05) is 12.3 Å². The second-order valence-corrected chi connectivity index (χ2v) is 13.9. The molecule has 0 radical (unpaired) electrons. The number of anilines is 1. The van der Waals surface area contributed by atoms with Crippen LogP contribution >= 0.6 is 11.3 Å². The summed E-state index contributed by atoms with van der Waals surface area (Å²) in [5.41, 5.74) is 16.9. The summed E-state index contributed by atoms with van der Waals surface area (Å²) in [6.07, 6.45) is 2.72. The van der Waals surface area contributed by atoms with Gasteiger partial charge in [-0.05, 0) is 88.6 Å². The Hall–Kier alpha value is -4.24. The first kappa shape index (κ1) is 29.8. The van der Waals surface area contributed by atoms with Crippen molar-refractivity contribution in [1.82, 2.24) is 15.6 Å². The van der Waals surface area contributed by atoms with E-state index in [4.69, 9.17) is 31.8 Å². The number of hydrogen-bond acceptors (Lipinski definition) is 11. The lowest BCUT2D eigenvalue weighted by molar-refractivity contribution is -0.178. The monoisotopic (exact) mass is 624 g/mol. The number of aromatic nitrogens is 1. The average Bonchev–Trinajstić information content (AvgIpc) is 3.37. The number of fused-ring (bicyclic) bond motifs is 1. The third-order valence-electron chi connectivity index (χ3n) is 9.25. The molecular formula is C29H36N8O6S. The van der Waals surface area contributed by atoms with E-state index in [1.54, 1.807) is 26.0 Å². The third kappa shape index (κ3) is 4.93. The van der Waals surface area contributed by atoms with Crippen LogP contribution in [0.5, 0.6) is 5.75 Å². The van der Waals surface area contributed by atoms with Crippen molar-refractivity contribution in [3.63, 3.8) is 0 Å². The van der Waals surface area contributed by atoms with Crippen LogP contribution in [0, 0.1) is 5.41 Å². The predicted octanol–water partition coefficient (Wildman–Crippen LogP) is 0.663. The minimum absolute atomic E-state index is 0.0778. The number of aryl methyl sites for hydroxylation is 1. The van der Waals surface area contributed by atoms with Crippen molar-refractivity contribution < 1.29 is 29.1 Å². The highest BCUT2D eigenvalue weighted by atomic mass is 32.1. The predicted molar refractivity (Wildman–Crippen MR) is 162 cm³/mol. The Morgan fingerprint density at radius 2 is 2.05 bits per heavy atom. The van der Waals surface area contributed by atoms with Crippen molar-refractivity contribution in [3.05, 3.63) is 40.4 Å². The number of rotatable bonds is 10. The Labute approximate surface area is 257 Å². The number of carbonyl (C=O) groups excluding carboxylic acids is 2. The summed E-state index contributed by atoms with van der Waals surface area (Å²) in [4.78, 5) is 52.5. The molecule has 2 amide bonds. The molecule has 7 rings (SSSR count). The number of nitrogens with zero attached hydrogens (tertiary/aromatic N) is 3. The number of aliphatic imine (C=N–C) groups is 1. The molecule has 3 aliphatic carbocycles. The van der Waals surface area contributed by atoms with Crippen molar-refractivity contribution >= 4 is 45.8 Å². The number of nitrogens with one attached hydrogen (secondary N) is 2. The summed E-state index contributed by atoms with van der Waals surface area (Å²) < 4.78 is 6.14. The van der Waals surface area contributed by atoms with Crippen LogP contribution in [-0.2, 0) is 25.6 Å². The molecule has 1 saturated heterocycles. The lowest BCUT2D eigenvalue weighted by Gasteiger charge is -2.68. The van der Waals surface area contributed by atoms with Gasteiger partial charge >= 0.3 is 5.97 Å². The van der Waals surface area contributed by atoms with E-state index in [-0.39, 0.29) is 39.8 Å². The van der Waals surface area contributed by atoms with E-state index in [1.165, 1.54) is 12.3 Å². The van der Waals surface area contributed by atoms with Crippen molar-refractivity contribution in [2.24, 2.45) is 27.0 Å². The molecule has 2 bridgehead atoms. The second kappa shape index (κ2) is 10.2. The van der Waals surface area contributed by atoms with Gasteiger partial charge in [0.05, 0.1) is 11.1 Å². The molecule has 15 heteroatoms. The maximum Gasteiger partial charge on any atom is 0.354 e.